The van der Waals surface area contributed by atoms with Crippen LogP contribution in [0.2, 0.25) is 0 Å². The number of nitrogens with zero attached hydrogens (tertiary/aromatic N) is 2. The molecule has 0 unspecified atom stereocenters. The number of hydrogen-bond acceptors (Lipinski definition) is 6. The average molecular weight is 368 g/mol. The van der Waals surface area contributed by atoms with E-state index in [4.69, 9.17) is 9.15 Å². The third-order valence-corrected chi connectivity index (χ3v) is 4.64. The Morgan fingerprint density at radius 2 is 1.85 bits per heavy atom. The zero-order valence-corrected chi connectivity index (χ0v) is 15.6. The maximum atomic E-state index is 11.9. The van der Waals surface area contributed by atoms with Crippen molar-refractivity contribution in [1.82, 2.24) is 10.2 Å². The highest BCUT2D eigenvalue weighted by atomic mass is 32.2. The number of hydrogen-bond donors (Lipinski definition) is 0. The van der Waals surface area contributed by atoms with Gasteiger partial charge in [-0.2, -0.15) is 0 Å². The van der Waals surface area contributed by atoms with E-state index < -0.39 is 0 Å². The fourth-order valence-corrected chi connectivity index (χ4v) is 3.21. The Hall–Kier alpha value is -2.60. The summed E-state index contributed by atoms with van der Waals surface area (Å²) >= 11 is 1.52. The van der Waals surface area contributed by atoms with E-state index in [0.717, 1.165) is 16.9 Å². The van der Waals surface area contributed by atoms with Gasteiger partial charge in [0.15, 0.2) is 6.61 Å². The van der Waals surface area contributed by atoms with Crippen molar-refractivity contribution in [2.45, 2.75) is 26.2 Å². The van der Waals surface area contributed by atoms with Crippen LogP contribution in [0.5, 0.6) is 0 Å². The average Bonchev–Trinajstić information content (AvgIpc) is 3.09. The lowest BCUT2D eigenvalue weighted by molar-refractivity contribution is -0.142. The van der Waals surface area contributed by atoms with Crippen LogP contribution in [0.15, 0.2) is 52.9 Å². The van der Waals surface area contributed by atoms with Gasteiger partial charge in [0.2, 0.25) is 5.89 Å². The highest BCUT2D eigenvalue weighted by molar-refractivity contribution is 7.99. The van der Waals surface area contributed by atoms with Crippen LogP contribution >= 0.6 is 11.8 Å². The Morgan fingerprint density at radius 3 is 2.62 bits per heavy atom. The van der Waals surface area contributed by atoms with Crippen LogP contribution in [0.4, 0.5) is 0 Å². The van der Waals surface area contributed by atoms with Gasteiger partial charge in [0, 0.05) is 11.3 Å². The van der Waals surface area contributed by atoms with Crippen LogP contribution in [0.1, 0.15) is 22.6 Å². The summed E-state index contributed by atoms with van der Waals surface area (Å²) in [6.45, 7) is 4.04. The van der Waals surface area contributed by atoms with Gasteiger partial charge in [-0.1, -0.05) is 47.5 Å². The summed E-state index contributed by atoms with van der Waals surface area (Å²) in [6, 6.07) is 16.0. The van der Waals surface area contributed by atoms with E-state index in [-0.39, 0.29) is 18.3 Å². The summed E-state index contributed by atoms with van der Waals surface area (Å²) in [5.41, 5.74) is 4.37. The van der Waals surface area contributed by atoms with Gasteiger partial charge in [-0.05, 0) is 31.5 Å². The summed E-state index contributed by atoms with van der Waals surface area (Å²) < 4.78 is 10.8. The SMILES string of the molecule is Cc1cccc(CSCC(=O)OCc2nnc(-c3cccc(C)c3)o2)c1. The molecule has 5 nitrogen and oxygen atoms in total. The molecule has 26 heavy (non-hydrogen) atoms. The standard InChI is InChI=1S/C20H20N2O3S/c1-14-5-3-7-16(9-14)12-26-13-19(23)24-11-18-21-22-20(25-18)17-8-4-6-15(2)10-17/h3-10H,11-13H2,1-2H3. The summed E-state index contributed by atoms with van der Waals surface area (Å²) in [5, 5.41) is 7.93. The molecule has 0 aliphatic rings. The van der Waals surface area contributed by atoms with Gasteiger partial charge in [0.25, 0.3) is 5.89 Å². The Kier molecular flexibility index (Phi) is 6.07. The first-order chi connectivity index (χ1) is 12.6. The van der Waals surface area contributed by atoms with Crippen molar-refractivity contribution in [3.05, 3.63) is 71.1 Å². The Labute approximate surface area is 156 Å². The predicted molar refractivity (Wildman–Crippen MR) is 102 cm³/mol. The minimum atomic E-state index is -0.294. The van der Waals surface area contributed by atoms with Crippen molar-refractivity contribution in [2.75, 3.05) is 5.75 Å². The monoisotopic (exact) mass is 368 g/mol. The maximum Gasteiger partial charge on any atom is 0.316 e. The van der Waals surface area contributed by atoms with E-state index in [9.17, 15) is 4.79 Å². The molecule has 0 radical (unpaired) electrons. The van der Waals surface area contributed by atoms with Crippen molar-refractivity contribution >= 4 is 17.7 Å². The molecule has 1 heterocycles. The lowest BCUT2D eigenvalue weighted by Gasteiger charge is -2.03. The normalized spacial score (nSPS) is 10.7. The van der Waals surface area contributed by atoms with E-state index in [0.29, 0.717) is 11.8 Å². The summed E-state index contributed by atoms with van der Waals surface area (Å²) in [7, 11) is 0. The molecule has 0 aliphatic heterocycles. The van der Waals surface area contributed by atoms with Gasteiger partial charge in [0.05, 0.1) is 5.75 Å². The second-order valence-electron chi connectivity index (χ2n) is 6.01. The van der Waals surface area contributed by atoms with Gasteiger partial charge < -0.3 is 9.15 Å². The minimum Gasteiger partial charge on any atom is -0.455 e. The third-order valence-electron chi connectivity index (χ3n) is 3.66. The summed E-state index contributed by atoms with van der Waals surface area (Å²) in [5.74, 6) is 1.48. The molecule has 3 aromatic rings. The van der Waals surface area contributed by atoms with Crippen molar-refractivity contribution < 1.29 is 13.9 Å². The van der Waals surface area contributed by atoms with Gasteiger partial charge in [-0.15, -0.1) is 22.0 Å². The highest BCUT2D eigenvalue weighted by Gasteiger charge is 2.11. The number of thioether (sulfide) groups is 1. The van der Waals surface area contributed by atoms with Gasteiger partial charge in [-0.3, -0.25) is 4.79 Å². The molecule has 0 atom stereocenters. The third kappa shape index (κ3) is 5.20. The molecular formula is C20H20N2O3S. The van der Waals surface area contributed by atoms with Gasteiger partial charge in [-0.25, -0.2) is 0 Å². The zero-order chi connectivity index (χ0) is 18.4. The number of rotatable bonds is 7. The molecule has 134 valence electrons. The first-order valence-electron chi connectivity index (χ1n) is 8.28. The number of ether oxygens (including phenoxy) is 1. The fourth-order valence-electron chi connectivity index (χ4n) is 2.44. The zero-order valence-electron chi connectivity index (χ0n) is 14.8. The second-order valence-corrected chi connectivity index (χ2v) is 7.00. The molecule has 6 heteroatoms. The lowest BCUT2D eigenvalue weighted by Crippen LogP contribution is -2.07. The van der Waals surface area contributed by atoms with E-state index in [2.05, 4.69) is 35.3 Å². The molecule has 0 spiro atoms. The molecule has 3 rings (SSSR count). The molecule has 0 saturated heterocycles. The number of aryl methyl sites for hydroxylation is 2. The number of esters is 1. The van der Waals surface area contributed by atoms with Crippen LogP contribution in [-0.2, 0) is 21.9 Å². The van der Waals surface area contributed by atoms with E-state index in [1.54, 1.807) is 0 Å². The Morgan fingerprint density at radius 1 is 1.08 bits per heavy atom. The number of aromatic nitrogens is 2. The molecule has 1 aromatic heterocycles. The van der Waals surface area contributed by atoms with Crippen LogP contribution < -0.4 is 0 Å². The molecular weight excluding hydrogens is 348 g/mol. The Bertz CT molecular complexity index is 892. The van der Waals surface area contributed by atoms with Crippen LogP contribution in [0, 0.1) is 13.8 Å². The largest absolute Gasteiger partial charge is 0.455 e. The smallest absolute Gasteiger partial charge is 0.316 e. The van der Waals surface area contributed by atoms with E-state index in [1.165, 1.54) is 22.9 Å². The number of benzene rings is 2. The molecule has 2 aromatic carbocycles. The Balaban J connectivity index is 1.45. The summed E-state index contributed by atoms with van der Waals surface area (Å²) in [4.78, 5) is 11.9. The van der Waals surface area contributed by atoms with E-state index in [1.807, 2.05) is 37.3 Å². The predicted octanol–water partition coefficient (Wildman–Crippen LogP) is 4.33. The quantitative estimate of drug-likeness (QED) is 0.578. The first-order valence-corrected chi connectivity index (χ1v) is 9.44. The topological polar surface area (TPSA) is 65.2 Å². The van der Waals surface area contributed by atoms with Crippen molar-refractivity contribution in [2.24, 2.45) is 0 Å². The molecule has 0 bridgehead atoms. The van der Waals surface area contributed by atoms with Crippen LogP contribution in [0.3, 0.4) is 0 Å². The highest BCUT2D eigenvalue weighted by Crippen LogP contribution is 2.19. The molecule has 0 N–H and O–H groups in total. The van der Waals surface area contributed by atoms with Crippen molar-refractivity contribution in [3.63, 3.8) is 0 Å². The molecule has 0 aliphatic carbocycles. The van der Waals surface area contributed by atoms with Crippen LogP contribution in [0.25, 0.3) is 11.5 Å². The second kappa shape index (κ2) is 8.67. The van der Waals surface area contributed by atoms with Crippen LogP contribution in [-0.4, -0.2) is 21.9 Å². The fraction of sp³-hybridized carbons (Fsp3) is 0.250. The van der Waals surface area contributed by atoms with Crippen molar-refractivity contribution in [1.29, 1.82) is 0 Å². The minimum absolute atomic E-state index is 0.0113. The molecule has 0 fully saturated rings. The van der Waals surface area contributed by atoms with Gasteiger partial charge >= 0.3 is 5.97 Å². The van der Waals surface area contributed by atoms with E-state index >= 15 is 0 Å². The van der Waals surface area contributed by atoms with Crippen molar-refractivity contribution in [3.8, 4) is 11.5 Å². The first kappa shape index (κ1) is 18.2. The maximum absolute atomic E-state index is 11.9. The lowest BCUT2D eigenvalue weighted by atomic mass is 10.1. The molecule has 0 saturated carbocycles. The number of carbonyl (C=O) groups excluding carboxylic acids is 1. The molecule has 0 amide bonds. The van der Waals surface area contributed by atoms with Gasteiger partial charge in [0.1, 0.15) is 0 Å². The summed E-state index contributed by atoms with van der Waals surface area (Å²) in [6.07, 6.45) is 0. The number of carbonyl (C=O) groups is 1.